The molecule has 1 rings (SSSR count). The number of rotatable bonds is 36. The molecule has 19 N–H and O–H groups in total. The van der Waals surface area contributed by atoms with E-state index >= 15 is 0 Å². The van der Waals surface area contributed by atoms with Gasteiger partial charge in [-0.3, -0.25) is 52.7 Å². The van der Waals surface area contributed by atoms with Crippen LogP contribution in [0.1, 0.15) is 98.5 Å². The number of unbranched alkanes of at least 4 members (excludes halogenated alkanes) is 1. The summed E-state index contributed by atoms with van der Waals surface area (Å²) in [5.41, 5.74) is 11.9. The summed E-state index contributed by atoms with van der Waals surface area (Å²) in [6.45, 7) is 7.29. The van der Waals surface area contributed by atoms with Crippen LogP contribution in [0, 0.1) is 11.8 Å². The molecule has 0 aliphatic carbocycles. The number of amides is 9. The third-order valence-electron chi connectivity index (χ3n) is 11.8. The second-order valence-electron chi connectivity index (χ2n) is 18.8. The van der Waals surface area contributed by atoms with Gasteiger partial charge < -0.3 is 90.0 Å². The number of nitrogens with two attached hydrogens (primary N) is 2. The molecular weight excluding hydrogens is 1020 g/mol. The molecule has 29 nitrogen and oxygen atoms in total. The molecule has 0 fully saturated rings. The maximum atomic E-state index is 14.0. The van der Waals surface area contributed by atoms with Crippen molar-refractivity contribution >= 4 is 71.1 Å². The van der Waals surface area contributed by atoms with Gasteiger partial charge in [-0.1, -0.05) is 46.2 Å². The molecule has 77 heavy (non-hydrogen) atoms. The monoisotopic (exact) mass is 1100 g/mol. The van der Waals surface area contributed by atoms with Crippen molar-refractivity contribution < 1.29 is 88.2 Å². The molecule has 9 amide bonds. The summed E-state index contributed by atoms with van der Waals surface area (Å²) in [5, 5.41) is 78.8. The Kier molecular flexibility index (Phi) is 30.0. The van der Waals surface area contributed by atoms with E-state index in [1.54, 1.807) is 27.7 Å². The molecule has 0 heterocycles. The first-order valence-electron chi connectivity index (χ1n) is 24.9. The summed E-state index contributed by atoms with van der Waals surface area (Å²) in [7, 11) is 0. The molecule has 1 aromatic rings. The summed E-state index contributed by atoms with van der Waals surface area (Å²) in [6.07, 6.45) is -1.69. The van der Waals surface area contributed by atoms with Crippen molar-refractivity contribution in [1.29, 1.82) is 0 Å². The maximum Gasteiger partial charge on any atom is 0.326 e. The molecule has 0 aliphatic heterocycles. The molecule has 0 aromatic heterocycles. The SMILES string of the molecule is CCC(C)C(NC(=O)C(CCC(=O)O)NC(=O)C(CCCCN)NC(=O)C(CO)NC(=O)C(CC(C)C)NC(=O)C(Cc1ccc(O)cc1)NC(=O)C(C)N)C(=O)NC(C)C(=O)NC(CO)C(=O)NC(CC(=O)O)C(=O)O. The zero-order valence-corrected chi connectivity index (χ0v) is 44.0. The molecule has 0 saturated heterocycles. The van der Waals surface area contributed by atoms with E-state index in [9.17, 15) is 83.1 Å². The Morgan fingerprint density at radius 2 is 0.974 bits per heavy atom. The van der Waals surface area contributed by atoms with E-state index in [0.29, 0.717) is 12.0 Å². The third kappa shape index (κ3) is 24.8. The molecule has 11 atom stereocenters. The van der Waals surface area contributed by atoms with Gasteiger partial charge in [0, 0.05) is 12.8 Å². The Morgan fingerprint density at radius 3 is 1.45 bits per heavy atom. The fraction of sp³-hybridized carbons (Fsp3) is 0.625. The fourth-order valence-electron chi connectivity index (χ4n) is 7.13. The Morgan fingerprint density at radius 1 is 0.519 bits per heavy atom. The number of benzene rings is 1. The van der Waals surface area contributed by atoms with Crippen molar-refractivity contribution in [3.8, 4) is 5.75 Å². The number of hydrogen-bond donors (Lipinski definition) is 17. The number of carbonyl (C=O) groups is 12. The number of aliphatic hydroxyl groups excluding tert-OH is 2. The zero-order chi connectivity index (χ0) is 58.7. The van der Waals surface area contributed by atoms with E-state index in [0.717, 1.165) is 6.92 Å². The summed E-state index contributed by atoms with van der Waals surface area (Å²) in [6, 6.07) is -9.44. The van der Waals surface area contributed by atoms with Gasteiger partial charge in [0.15, 0.2) is 0 Å². The van der Waals surface area contributed by atoms with Crippen LogP contribution in [0.3, 0.4) is 0 Å². The average molecular weight is 1100 g/mol. The highest BCUT2D eigenvalue weighted by Gasteiger charge is 2.36. The quantitative estimate of drug-likeness (QED) is 0.0281. The molecule has 1 aromatic carbocycles. The van der Waals surface area contributed by atoms with Crippen LogP contribution < -0.4 is 59.3 Å². The van der Waals surface area contributed by atoms with Crippen LogP contribution in [0.5, 0.6) is 5.75 Å². The van der Waals surface area contributed by atoms with Gasteiger partial charge in [-0.05, 0) is 82.0 Å². The molecule has 29 heteroatoms. The number of nitrogens with one attached hydrogen (secondary N) is 9. The second kappa shape index (κ2) is 34.2. The van der Waals surface area contributed by atoms with Gasteiger partial charge in [-0.25, -0.2) is 4.79 Å². The summed E-state index contributed by atoms with van der Waals surface area (Å²) in [4.78, 5) is 156. The van der Waals surface area contributed by atoms with E-state index in [2.05, 4.69) is 42.5 Å². The highest BCUT2D eigenvalue weighted by atomic mass is 16.4. The lowest BCUT2D eigenvalue weighted by Gasteiger charge is -2.29. The number of carboxylic acid groups (broad SMARTS) is 3. The van der Waals surface area contributed by atoms with Crippen LogP contribution in [-0.4, -0.2) is 182 Å². The van der Waals surface area contributed by atoms with Crippen LogP contribution in [0.4, 0.5) is 0 Å². The smallest absolute Gasteiger partial charge is 0.326 e. The van der Waals surface area contributed by atoms with Gasteiger partial charge in [-0.15, -0.1) is 0 Å². The van der Waals surface area contributed by atoms with Crippen LogP contribution in [0.25, 0.3) is 0 Å². The molecule has 0 spiro atoms. The van der Waals surface area contributed by atoms with Crippen LogP contribution >= 0.6 is 0 Å². The minimum absolute atomic E-state index is 0.00415. The predicted molar refractivity (Wildman–Crippen MR) is 271 cm³/mol. The van der Waals surface area contributed by atoms with Crippen molar-refractivity contribution in [2.75, 3.05) is 19.8 Å². The van der Waals surface area contributed by atoms with Crippen molar-refractivity contribution in [2.24, 2.45) is 23.3 Å². The Hall–Kier alpha value is -7.50. The molecule has 0 bridgehead atoms. The third-order valence-corrected chi connectivity index (χ3v) is 11.8. The zero-order valence-electron chi connectivity index (χ0n) is 44.0. The van der Waals surface area contributed by atoms with E-state index in [-0.39, 0.29) is 50.3 Å². The standard InChI is InChI=1S/C48H77N11O18/c1-7-24(4)38(47(75)51-26(6)40(68)57-34(21-60)46(74)56-33(48(76)77)20-37(65)66)59-42(70)30(15-16-36(63)64)53-41(69)29(10-8-9-17-49)52-45(73)35(22-61)58-43(71)31(18-23(2)3)55-44(72)32(54-39(67)25(5)50)19-27-11-13-28(62)14-12-27/h11-14,23-26,29-35,38,60-62H,7-10,15-22,49-50H2,1-6H3,(H,51,75)(H,52,73)(H,53,69)(H,54,67)(H,55,72)(H,56,74)(H,57,68)(H,58,71)(H,59,70)(H,63,64)(H,65,66)(H,76,77). The summed E-state index contributed by atoms with van der Waals surface area (Å²) < 4.78 is 0. The first-order valence-corrected chi connectivity index (χ1v) is 24.9. The molecule has 11 unspecified atom stereocenters. The summed E-state index contributed by atoms with van der Waals surface area (Å²) in [5.74, 6) is -14.6. The van der Waals surface area contributed by atoms with E-state index in [4.69, 9.17) is 16.6 Å². The van der Waals surface area contributed by atoms with Crippen molar-refractivity contribution in [1.82, 2.24) is 47.9 Å². The van der Waals surface area contributed by atoms with Crippen LogP contribution in [0.15, 0.2) is 24.3 Å². The summed E-state index contributed by atoms with van der Waals surface area (Å²) >= 11 is 0. The number of aliphatic carboxylic acids is 3. The largest absolute Gasteiger partial charge is 0.508 e. The number of aromatic hydroxyl groups is 1. The molecule has 0 aliphatic rings. The van der Waals surface area contributed by atoms with Crippen molar-refractivity contribution in [2.45, 2.75) is 160 Å². The highest BCUT2D eigenvalue weighted by molar-refractivity contribution is 5.99. The first-order chi connectivity index (χ1) is 36.1. The van der Waals surface area contributed by atoms with Crippen LogP contribution in [0.2, 0.25) is 0 Å². The van der Waals surface area contributed by atoms with Gasteiger partial charge in [0.2, 0.25) is 53.2 Å². The fourth-order valence-corrected chi connectivity index (χ4v) is 7.13. The Labute approximate surface area is 444 Å². The van der Waals surface area contributed by atoms with Crippen molar-refractivity contribution in [3.05, 3.63) is 29.8 Å². The first kappa shape index (κ1) is 67.5. The van der Waals surface area contributed by atoms with Gasteiger partial charge in [0.25, 0.3) is 0 Å². The lowest BCUT2D eigenvalue weighted by molar-refractivity contribution is -0.147. The Bertz CT molecular complexity index is 2200. The van der Waals surface area contributed by atoms with E-state index < -0.39 is 170 Å². The van der Waals surface area contributed by atoms with E-state index in [1.165, 1.54) is 31.2 Å². The van der Waals surface area contributed by atoms with Gasteiger partial charge >= 0.3 is 17.9 Å². The molecule has 0 radical (unpaired) electrons. The maximum absolute atomic E-state index is 14.0. The normalized spacial score (nSPS) is 15.4. The highest BCUT2D eigenvalue weighted by Crippen LogP contribution is 2.14. The lowest BCUT2D eigenvalue weighted by Crippen LogP contribution is -2.61. The molecule has 0 saturated carbocycles. The Balaban J connectivity index is 3.37. The van der Waals surface area contributed by atoms with Gasteiger partial charge in [0.1, 0.15) is 60.1 Å². The molecule has 432 valence electrons. The topological polar surface area (TPSA) is 487 Å². The second-order valence-corrected chi connectivity index (χ2v) is 18.8. The number of aliphatic hydroxyl groups is 2. The number of carbonyl (C=O) groups excluding carboxylic acids is 9. The number of phenolic OH excluding ortho intramolecular Hbond substituents is 1. The van der Waals surface area contributed by atoms with Crippen molar-refractivity contribution in [3.63, 3.8) is 0 Å². The van der Waals surface area contributed by atoms with E-state index in [1.807, 2.05) is 5.32 Å². The number of carboxylic acids is 3. The predicted octanol–water partition coefficient (Wildman–Crippen LogP) is -4.71. The van der Waals surface area contributed by atoms with Crippen LogP contribution in [-0.2, 0) is 64.0 Å². The number of phenols is 1. The molecular formula is C48H77N11O18. The van der Waals surface area contributed by atoms with Gasteiger partial charge in [0.05, 0.1) is 25.7 Å². The minimum atomic E-state index is -1.92. The average Bonchev–Trinajstić information content (AvgIpc) is 3.35. The number of hydrogen-bond acceptors (Lipinski definition) is 17. The lowest BCUT2D eigenvalue weighted by atomic mass is 9.97. The van der Waals surface area contributed by atoms with Gasteiger partial charge in [-0.2, -0.15) is 0 Å². The minimum Gasteiger partial charge on any atom is -0.508 e.